The minimum Gasteiger partial charge on any atom is -0.479 e. The van der Waals surface area contributed by atoms with Crippen molar-refractivity contribution in [3.8, 4) is 0 Å². The molecule has 0 aromatic heterocycles. The summed E-state index contributed by atoms with van der Waals surface area (Å²) in [6.07, 6.45) is 0.323. The number of rotatable bonds is 2. The molecule has 1 heterocycles. The van der Waals surface area contributed by atoms with Gasteiger partial charge in [-0.1, -0.05) is 13.8 Å². The van der Waals surface area contributed by atoms with Gasteiger partial charge in [0.15, 0.2) is 6.10 Å². The molecule has 2 unspecified atom stereocenters. The zero-order chi connectivity index (χ0) is 8.43. The quantitative estimate of drug-likeness (QED) is 0.655. The molecule has 0 saturated carbocycles. The Bertz CT molecular complexity index is 153. The third-order valence-corrected chi connectivity index (χ3v) is 2.24. The molecule has 0 amide bonds. The Labute approximate surface area is 66.4 Å². The molecule has 1 aliphatic rings. The van der Waals surface area contributed by atoms with Gasteiger partial charge in [-0.15, -0.1) is 0 Å². The normalized spacial score (nSPS) is 31.2. The zero-order valence-corrected chi connectivity index (χ0v) is 6.91. The van der Waals surface area contributed by atoms with Gasteiger partial charge < -0.3 is 9.84 Å². The topological polar surface area (TPSA) is 46.5 Å². The maximum Gasteiger partial charge on any atom is 0.333 e. The fourth-order valence-corrected chi connectivity index (χ4v) is 1.54. The van der Waals surface area contributed by atoms with Crippen LogP contribution in [0.3, 0.4) is 0 Å². The first-order valence-corrected chi connectivity index (χ1v) is 3.97. The first-order chi connectivity index (χ1) is 5.13. The van der Waals surface area contributed by atoms with Crippen molar-refractivity contribution in [2.24, 2.45) is 11.8 Å². The van der Waals surface area contributed by atoms with Crippen LogP contribution in [0.1, 0.15) is 20.3 Å². The first kappa shape index (κ1) is 8.53. The second-order valence-corrected chi connectivity index (χ2v) is 3.33. The van der Waals surface area contributed by atoms with Gasteiger partial charge in [-0.3, -0.25) is 0 Å². The van der Waals surface area contributed by atoms with Crippen molar-refractivity contribution in [2.45, 2.75) is 26.4 Å². The second kappa shape index (κ2) is 3.22. The van der Waals surface area contributed by atoms with Gasteiger partial charge in [0.1, 0.15) is 0 Å². The summed E-state index contributed by atoms with van der Waals surface area (Å²) < 4.78 is 5.09. The molecule has 0 aromatic carbocycles. The molecule has 1 aliphatic heterocycles. The van der Waals surface area contributed by atoms with Crippen LogP contribution < -0.4 is 0 Å². The average Bonchev–Trinajstić information content (AvgIpc) is 2.32. The Balaban J connectivity index is 2.58. The highest BCUT2D eigenvalue weighted by molar-refractivity contribution is 5.73. The van der Waals surface area contributed by atoms with Crippen LogP contribution in [-0.4, -0.2) is 23.8 Å². The Kier molecular flexibility index (Phi) is 2.49. The van der Waals surface area contributed by atoms with Crippen LogP contribution in [0.5, 0.6) is 0 Å². The van der Waals surface area contributed by atoms with E-state index in [9.17, 15) is 4.79 Å². The first-order valence-electron chi connectivity index (χ1n) is 3.97. The number of hydrogen-bond acceptors (Lipinski definition) is 2. The summed E-state index contributed by atoms with van der Waals surface area (Å²) in [7, 11) is 0. The standard InChI is InChI=1S/C8H14O3/c1-5(2)6-3-4-11-7(6)8(9)10/h5-7H,3-4H2,1-2H3,(H,9,10). The van der Waals surface area contributed by atoms with Gasteiger partial charge in [0.05, 0.1) is 0 Å². The molecule has 0 aliphatic carbocycles. The summed E-state index contributed by atoms with van der Waals surface area (Å²) in [5.41, 5.74) is 0. The van der Waals surface area contributed by atoms with Crippen molar-refractivity contribution < 1.29 is 14.6 Å². The predicted octanol–water partition coefficient (Wildman–Crippen LogP) is 1.13. The number of aliphatic carboxylic acids is 1. The van der Waals surface area contributed by atoms with Crippen molar-refractivity contribution in [2.75, 3.05) is 6.61 Å². The van der Waals surface area contributed by atoms with Crippen LogP contribution >= 0.6 is 0 Å². The molecule has 3 nitrogen and oxygen atoms in total. The van der Waals surface area contributed by atoms with E-state index in [0.29, 0.717) is 12.5 Å². The van der Waals surface area contributed by atoms with E-state index in [2.05, 4.69) is 0 Å². The lowest BCUT2D eigenvalue weighted by molar-refractivity contribution is -0.149. The van der Waals surface area contributed by atoms with Crippen molar-refractivity contribution in [1.82, 2.24) is 0 Å². The molecule has 1 rings (SSSR count). The highest BCUT2D eigenvalue weighted by Crippen LogP contribution is 2.27. The van der Waals surface area contributed by atoms with Crippen LogP contribution in [0.2, 0.25) is 0 Å². The zero-order valence-electron chi connectivity index (χ0n) is 6.91. The smallest absolute Gasteiger partial charge is 0.333 e. The molecule has 3 heteroatoms. The Hall–Kier alpha value is -0.570. The summed E-state index contributed by atoms with van der Waals surface area (Å²) in [5.74, 6) is -0.215. The summed E-state index contributed by atoms with van der Waals surface area (Å²) in [6.45, 7) is 4.67. The lowest BCUT2D eigenvalue weighted by Gasteiger charge is -2.17. The lowest BCUT2D eigenvalue weighted by Crippen LogP contribution is -2.29. The van der Waals surface area contributed by atoms with Gasteiger partial charge in [-0.05, 0) is 12.3 Å². The van der Waals surface area contributed by atoms with E-state index in [1.807, 2.05) is 13.8 Å². The molecule has 2 atom stereocenters. The molecule has 11 heavy (non-hydrogen) atoms. The third kappa shape index (κ3) is 1.71. The predicted molar refractivity (Wildman–Crippen MR) is 40.3 cm³/mol. The summed E-state index contributed by atoms with van der Waals surface area (Å²) in [6, 6.07) is 0. The van der Waals surface area contributed by atoms with E-state index < -0.39 is 12.1 Å². The molecule has 1 saturated heterocycles. The van der Waals surface area contributed by atoms with Gasteiger partial charge >= 0.3 is 5.97 Å². The molecule has 0 radical (unpaired) electrons. The summed E-state index contributed by atoms with van der Waals surface area (Å²) >= 11 is 0. The lowest BCUT2D eigenvalue weighted by atomic mass is 9.90. The van der Waals surface area contributed by atoms with Crippen LogP contribution in [0.4, 0.5) is 0 Å². The largest absolute Gasteiger partial charge is 0.479 e. The van der Waals surface area contributed by atoms with Crippen molar-refractivity contribution in [1.29, 1.82) is 0 Å². The molecule has 0 bridgehead atoms. The van der Waals surface area contributed by atoms with Crippen LogP contribution in [0, 0.1) is 11.8 Å². The maximum absolute atomic E-state index is 10.6. The minimum absolute atomic E-state index is 0.201. The van der Waals surface area contributed by atoms with E-state index in [4.69, 9.17) is 9.84 Å². The van der Waals surface area contributed by atoms with Gasteiger partial charge in [0.25, 0.3) is 0 Å². The fourth-order valence-electron chi connectivity index (χ4n) is 1.54. The molecular formula is C8H14O3. The molecular weight excluding hydrogens is 144 g/mol. The Morgan fingerprint density at radius 1 is 1.64 bits per heavy atom. The fraction of sp³-hybridized carbons (Fsp3) is 0.875. The van der Waals surface area contributed by atoms with E-state index >= 15 is 0 Å². The third-order valence-electron chi connectivity index (χ3n) is 2.24. The van der Waals surface area contributed by atoms with Crippen LogP contribution in [0.25, 0.3) is 0 Å². The average molecular weight is 158 g/mol. The number of carboxylic acids is 1. The molecule has 0 spiro atoms. The van der Waals surface area contributed by atoms with Crippen molar-refractivity contribution >= 4 is 5.97 Å². The van der Waals surface area contributed by atoms with Crippen molar-refractivity contribution in [3.63, 3.8) is 0 Å². The number of carboxylic acid groups (broad SMARTS) is 1. The van der Waals surface area contributed by atoms with Gasteiger partial charge in [-0.2, -0.15) is 0 Å². The van der Waals surface area contributed by atoms with E-state index in [1.54, 1.807) is 0 Å². The minimum atomic E-state index is -0.818. The number of hydrogen-bond donors (Lipinski definition) is 1. The van der Waals surface area contributed by atoms with Gasteiger partial charge in [-0.25, -0.2) is 4.79 Å². The maximum atomic E-state index is 10.6. The number of ether oxygens (including phenoxy) is 1. The Morgan fingerprint density at radius 2 is 2.27 bits per heavy atom. The second-order valence-electron chi connectivity index (χ2n) is 3.33. The monoisotopic (exact) mass is 158 g/mol. The van der Waals surface area contributed by atoms with Gasteiger partial charge in [0, 0.05) is 12.5 Å². The molecule has 64 valence electrons. The van der Waals surface area contributed by atoms with Gasteiger partial charge in [0.2, 0.25) is 0 Å². The molecule has 1 N–H and O–H groups in total. The van der Waals surface area contributed by atoms with Crippen molar-refractivity contribution in [3.05, 3.63) is 0 Å². The van der Waals surface area contributed by atoms with Crippen LogP contribution in [0.15, 0.2) is 0 Å². The summed E-state index contributed by atoms with van der Waals surface area (Å²) in [4.78, 5) is 10.6. The molecule has 1 fully saturated rings. The highest BCUT2D eigenvalue weighted by Gasteiger charge is 2.35. The van der Waals surface area contributed by atoms with E-state index in [0.717, 1.165) is 6.42 Å². The van der Waals surface area contributed by atoms with E-state index in [1.165, 1.54) is 0 Å². The Morgan fingerprint density at radius 3 is 2.64 bits per heavy atom. The summed E-state index contributed by atoms with van der Waals surface area (Å²) in [5, 5.41) is 8.71. The SMILES string of the molecule is CC(C)C1CCOC1C(=O)O. The van der Waals surface area contributed by atoms with Crippen LogP contribution in [-0.2, 0) is 9.53 Å². The molecule has 0 aromatic rings. The highest BCUT2D eigenvalue weighted by atomic mass is 16.5. The number of carbonyl (C=O) groups is 1. The van der Waals surface area contributed by atoms with E-state index in [-0.39, 0.29) is 5.92 Å².